The van der Waals surface area contributed by atoms with Crippen molar-refractivity contribution in [2.75, 3.05) is 13.2 Å². The van der Waals surface area contributed by atoms with E-state index in [0.717, 1.165) is 32.3 Å². The molecule has 3 nitrogen and oxygen atoms in total. The molecule has 0 aromatic heterocycles. The molecule has 0 amide bonds. The predicted octanol–water partition coefficient (Wildman–Crippen LogP) is 4.57. The van der Waals surface area contributed by atoms with Crippen molar-refractivity contribution in [3.63, 3.8) is 0 Å². The van der Waals surface area contributed by atoms with E-state index < -0.39 is 0 Å². The Morgan fingerprint density at radius 1 is 1.10 bits per heavy atom. The van der Waals surface area contributed by atoms with Crippen molar-refractivity contribution in [3.8, 4) is 0 Å². The fraction of sp³-hybridized carbons (Fsp3) is 0.500. The molecule has 0 N–H and O–H groups in total. The maximum atomic E-state index is 10.8. The van der Waals surface area contributed by atoms with Crippen LogP contribution in [0.1, 0.15) is 39.5 Å². The first-order valence-corrected chi connectivity index (χ1v) is 7.57. The average molecular weight is 292 g/mol. The van der Waals surface area contributed by atoms with Crippen molar-refractivity contribution in [1.82, 2.24) is 0 Å². The summed E-state index contributed by atoms with van der Waals surface area (Å²) in [6.07, 6.45) is 17.1. The highest BCUT2D eigenvalue weighted by Crippen LogP contribution is 2.02. The second-order valence-corrected chi connectivity index (χ2v) is 4.75. The summed E-state index contributed by atoms with van der Waals surface area (Å²) in [6.45, 7) is 8.70. The first kappa shape index (κ1) is 19.2. The van der Waals surface area contributed by atoms with Crippen LogP contribution in [0, 0.1) is 5.92 Å². The number of hydrogen-bond acceptors (Lipinski definition) is 3. The monoisotopic (exact) mass is 292 g/mol. The molecule has 1 atom stereocenters. The van der Waals surface area contributed by atoms with Gasteiger partial charge in [0.05, 0.1) is 19.5 Å². The van der Waals surface area contributed by atoms with Crippen molar-refractivity contribution < 1.29 is 14.3 Å². The Kier molecular flexibility index (Phi) is 13.4. The SMILES string of the molecule is C=CC(=O)OCCCCCCO/C=C/C=CC(C)/C=C\C. The van der Waals surface area contributed by atoms with Crippen LogP contribution in [0.2, 0.25) is 0 Å². The molecule has 0 aliphatic heterocycles. The van der Waals surface area contributed by atoms with Crippen molar-refractivity contribution in [2.24, 2.45) is 5.92 Å². The van der Waals surface area contributed by atoms with E-state index in [1.165, 1.54) is 6.08 Å². The van der Waals surface area contributed by atoms with Crippen molar-refractivity contribution in [2.45, 2.75) is 39.5 Å². The van der Waals surface area contributed by atoms with Gasteiger partial charge < -0.3 is 9.47 Å². The maximum Gasteiger partial charge on any atom is 0.330 e. The van der Waals surface area contributed by atoms with Gasteiger partial charge in [0.25, 0.3) is 0 Å². The summed E-state index contributed by atoms with van der Waals surface area (Å²) in [5, 5.41) is 0. The minimum Gasteiger partial charge on any atom is -0.501 e. The van der Waals surface area contributed by atoms with Crippen LogP contribution in [-0.4, -0.2) is 19.2 Å². The molecule has 0 spiro atoms. The summed E-state index contributed by atoms with van der Waals surface area (Å²) in [5.74, 6) is 0.107. The summed E-state index contributed by atoms with van der Waals surface area (Å²) in [6, 6.07) is 0. The molecule has 0 aliphatic carbocycles. The van der Waals surface area contributed by atoms with E-state index in [4.69, 9.17) is 9.47 Å². The highest BCUT2D eigenvalue weighted by molar-refractivity contribution is 5.81. The molecule has 21 heavy (non-hydrogen) atoms. The second kappa shape index (κ2) is 14.6. The lowest BCUT2D eigenvalue weighted by atomic mass is 10.1. The summed E-state index contributed by atoms with van der Waals surface area (Å²) in [5.41, 5.74) is 0. The number of rotatable bonds is 12. The van der Waals surface area contributed by atoms with Crippen LogP contribution in [0.5, 0.6) is 0 Å². The minimum atomic E-state index is -0.347. The summed E-state index contributed by atoms with van der Waals surface area (Å²) < 4.78 is 10.3. The molecular formula is C18H28O3. The number of ether oxygens (including phenoxy) is 2. The number of allylic oxidation sites excluding steroid dienone is 5. The average Bonchev–Trinajstić information content (AvgIpc) is 2.48. The van der Waals surface area contributed by atoms with E-state index in [0.29, 0.717) is 12.5 Å². The molecule has 0 aliphatic rings. The molecule has 0 saturated heterocycles. The van der Waals surface area contributed by atoms with E-state index in [1.54, 1.807) is 6.26 Å². The molecule has 0 heterocycles. The highest BCUT2D eigenvalue weighted by Gasteiger charge is 1.95. The third-order valence-corrected chi connectivity index (χ3v) is 2.76. The summed E-state index contributed by atoms with van der Waals surface area (Å²) in [7, 11) is 0. The molecule has 0 fully saturated rings. The Morgan fingerprint density at radius 3 is 2.48 bits per heavy atom. The molecular weight excluding hydrogens is 264 g/mol. The number of carbonyl (C=O) groups excluding carboxylic acids is 1. The lowest BCUT2D eigenvalue weighted by Crippen LogP contribution is -2.01. The van der Waals surface area contributed by atoms with Gasteiger partial charge in [0, 0.05) is 6.08 Å². The summed E-state index contributed by atoms with van der Waals surface area (Å²) in [4.78, 5) is 10.8. The zero-order chi connectivity index (χ0) is 15.8. The van der Waals surface area contributed by atoms with Gasteiger partial charge in [0.1, 0.15) is 0 Å². The number of esters is 1. The molecule has 0 rings (SSSR count). The molecule has 1 unspecified atom stereocenters. The molecule has 0 saturated carbocycles. The fourth-order valence-corrected chi connectivity index (χ4v) is 1.65. The second-order valence-electron chi connectivity index (χ2n) is 4.75. The van der Waals surface area contributed by atoms with Crippen LogP contribution in [0.4, 0.5) is 0 Å². The largest absolute Gasteiger partial charge is 0.501 e. The van der Waals surface area contributed by atoms with Crippen LogP contribution in [0.25, 0.3) is 0 Å². The normalized spacial score (nSPS) is 13.0. The van der Waals surface area contributed by atoms with E-state index in [-0.39, 0.29) is 5.97 Å². The smallest absolute Gasteiger partial charge is 0.330 e. The van der Waals surface area contributed by atoms with Crippen LogP contribution >= 0.6 is 0 Å². The molecule has 0 aromatic rings. The van der Waals surface area contributed by atoms with Gasteiger partial charge in [0.15, 0.2) is 0 Å². The predicted molar refractivity (Wildman–Crippen MR) is 87.8 cm³/mol. The summed E-state index contributed by atoms with van der Waals surface area (Å²) >= 11 is 0. The number of carbonyl (C=O) groups is 1. The molecule has 3 heteroatoms. The lowest BCUT2D eigenvalue weighted by Gasteiger charge is -2.02. The van der Waals surface area contributed by atoms with Crippen LogP contribution in [0.15, 0.2) is 49.3 Å². The Bertz CT molecular complexity index is 353. The van der Waals surface area contributed by atoms with Crippen LogP contribution < -0.4 is 0 Å². The van der Waals surface area contributed by atoms with E-state index in [2.05, 4.69) is 25.7 Å². The minimum absolute atomic E-state index is 0.347. The Balaban J connectivity index is 3.36. The highest BCUT2D eigenvalue weighted by atomic mass is 16.5. The first-order chi connectivity index (χ1) is 10.2. The van der Waals surface area contributed by atoms with Gasteiger partial charge in [-0.2, -0.15) is 0 Å². The van der Waals surface area contributed by atoms with Gasteiger partial charge in [-0.25, -0.2) is 4.79 Å². The fourth-order valence-electron chi connectivity index (χ4n) is 1.65. The van der Waals surface area contributed by atoms with E-state index in [9.17, 15) is 4.79 Å². The number of hydrogen-bond donors (Lipinski definition) is 0. The lowest BCUT2D eigenvalue weighted by molar-refractivity contribution is -0.137. The van der Waals surface area contributed by atoms with Gasteiger partial charge >= 0.3 is 5.97 Å². The maximum absolute atomic E-state index is 10.8. The number of unbranched alkanes of at least 4 members (excludes halogenated alkanes) is 3. The molecule has 118 valence electrons. The quantitative estimate of drug-likeness (QED) is 0.132. The zero-order valence-electron chi connectivity index (χ0n) is 13.3. The standard InChI is InChI=1S/C18H28O3/c1-4-12-17(3)13-8-11-15-20-14-9-6-7-10-16-21-18(19)5-2/h4-5,8,11-13,15,17H,2,6-7,9-10,14,16H2,1,3H3/b12-4-,13-8?,15-11+. The van der Waals surface area contributed by atoms with E-state index in [1.807, 2.05) is 25.2 Å². The molecule has 0 bridgehead atoms. The van der Waals surface area contributed by atoms with Gasteiger partial charge in [0.2, 0.25) is 0 Å². The van der Waals surface area contributed by atoms with Gasteiger partial charge in [-0.15, -0.1) is 0 Å². The molecule has 0 radical (unpaired) electrons. The van der Waals surface area contributed by atoms with Crippen molar-refractivity contribution in [3.05, 3.63) is 49.3 Å². The topological polar surface area (TPSA) is 35.5 Å². The van der Waals surface area contributed by atoms with E-state index >= 15 is 0 Å². The Morgan fingerprint density at radius 2 is 1.81 bits per heavy atom. The first-order valence-electron chi connectivity index (χ1n) is 7.57. The van der Waals surface area contributed by atoms with Crippen molar-refractivity contribution in [1.29, 1.82) is 0 Å². The van der Waals surface area contributed by atoms with Gasteiger partial charge in [-0.05, 0) is 44.6 Å². The Hall–Kier alpha value is -1.77. The van der Waals surface area contributed by atoms with Crippen LogP contribution in [0.3, 0.4) is 0 Å². The van der Waals surface area contributed by atoms with Gasteiger partial charge in [-0.1, -0.05) is 37.8 Å². The Labute approximate surface area is 129 Å². The van der Waals surface area contributed by atoms with Crippen molar-refractivity contribution >= 4 is 5.97 Å². The third kappa shape index (κ3) is 14.4. The third-order valence-electron chi connectivity index (χ3n) is 2.76. The van der Waals surface area contributed by atoms with Gasteiger partial charge in [-0.3, -0.25) is 0 Å². The van der Waals surface area contributed by atoms with Crippen LogP contribution in [-0.2, 0) is 14.3 Å². The molecule has 0 aromatic carbocycles. The zero-order valence-corrected chi connectivity index (χ0v) is 13.3.